The summed E-state index contributed by atoms with van der Waals surface area (Å²) in [5, 5.41) is 18.6. The molecule has 4 aromatic carbocycles. The molecule has 0 spiro atoms. The van der Waals surface area contributed by atoms with Crippen molar-refractivity contribution in [1.29, 1.82) is 0 Å². The van der Waals surface area contributed by atoms with Crippen LogP contribution >= 0.6 is 0 Å². The zero-order valence-corrected chi connectivity index (χ0v) is 74.9. The molecule has 4 aliphatic heterocycles. The fourth-order valence-electron chi connectivity index (χ4n) is 16.4. The summed E-state index contributed by atoms with van der Waals surface area (Å²) < 4.78 is 282. The van der Waals surface area contributed by atoms with Crippen molar-refractivity contribution in [2.24, 2.45) is 0 Å². The zero-order chi connectivity index (χ0) is 90.9. The van der Waals surface area contributed by atoms with Gasteiger partial charge in [-0.25, -0.2) is 67.3 Å². The van der Waals surface area contributed by atoms with Crippen LogP contribution in [0.3, 0.4) is 0 Å². The van der Waals surface area contributed by atoms with Gasteiger partial charge in [-0.15, -0.1) is 0 Å². The molecule has 4 atom stereocenters. The number of hydrogen-bond acceptors (Lipinski definition) is 28. The maximum atomic E-state index is 12.1. The number of carboxylic acids is 2. The molecule has 672 valence electrons. The largest absolute Gasteiger partial charge is 0.748 e. The number of anilines is 2. The Bertz CT molecular complexity index is 5870. The van der Waals surface area contributed by atoms with Gasteiger partial charge in [0.1, 0.15) is 43.4 Å². The molecule has 0 aromatic heterocycles. The molecule has 0 amide bonds. The maximum absolute atomic E-state index is 12.1. The van der Waals surface area contributed by atoms with Crippen molar-refractivity contribution >= 4 is 127 Å². The van der Waals surface area contributed by atoms with E-state index >= 15 is 0 Å². The van der Waals surface area contributed by atoms with E-state index in [2.05, 4.69) is 0 Å². The third-order valence-electron chi connectivity index (χ3n) is 22.3. The second kappa shape index (κ2) is 41.8. The third kappa shape index (κ3) is 28.0. The highest BCUT2D eigenvalue weighted by Crippen LogP contribution is 2.54. The van der Waals surface area contributed by atoms with Gasteiger partial charge in [-0.1, -0.05) is 92.5 Å². The topological polar surface area (TPSA) is 545 Å². The molecule has 4 aliphatic rings. The van der Waals surface area contributed by atoms with E-state index in [0.29, 0.717) is 142 Å². The molecule has 32 nitrogen and oxygen atoms in total. The summed E-state index contributed by atoms with van der Waals surface area (Å²) in [6.07, 6.45) is 29.7. The number of aliphatic carboxylic acids is 2. The van der Waals surface area contributed by atoms with Gasteiger partial charge in [-0.05, 0) is 196 Å². The van der Waals surface area contributed by atoms with Gasteiger partial charge in [0.25, 0.3) is 0 Å². The minimum atomic E-state index is -4.84. The van der Waals surface area contributed by atoms with E-state index in [0.717, 1.165) is 28.4 Å². The van der Waals surface area contributed by atoms with Gasteiger partial charge in [-0.3, -0.25) is 9.59 Å². The number of likely N-dealkylation sites (N-methyl/N-ethyl adjacent to an activating group) is 2. The van der Waals surface area contributed by atoms with Gasteiger partial charge in [-0.2, -0.15) is 9.15 Å². The molecule has 8 rings (SSSR count). The fourth-order valence-corrected chi connectivity index (χ4v) is 20.7. The predicted molar refractivity (Wildman–Crippen MR) is 451 cm³/mol. The van der Waals surface area contributed by atoms with E-state index in [4.69, 9.17) is 5.11 Å². The van der Waals surface area contributed by atoms with E-state index in [-0.39, 0.29) is 51.4 Å². The van der Waals surface area contributed by atoms with Gasteiger partial charge < -0.3 is 56.4 Å². The normalized spacial score (nSPS) is 20.5. The molecule has 4 aromatic rings. The summed E-state index contributed by atoms with van der Waals surface area (Å²) in [4.78, 5) is 25.4. The SMILES string of the molecule is CCN1/C(=C/C=C/C=C/C=C/C2=[N+](CCCCCC(=O)O)c3ccc(S(=O)(=O)[O-])cc3C2(C)CCCCS(=O)(=O)[O-])C(C)(CCCCS(=O)(=O)[O-])c2cc(S(=O)(=O)[O-])ccc21.CCN1/C(=C/C=C/C=C/C=C/C2=[N+](CCCCS(=O)(=O)[O-])c3ccc(CC(=O)O)cc3C2(C)CCCCS(=O)(=O)[O-])C(C)(CCCCS(=O)(=O)[O-])c2cc(S(=O)(=O)[O-])ccc21. The van der Waals surface area contributed by atoms with Crippen LogP contribution in [0.1, 0.15) is 185 Å². The van der Waals surface area contributed by atoms with E-state index in [1.165, 1.54) is 36.4 Å². The molecule has 40 heteroatoms. The maximum Gasteiger partial charge on any atom is 0.307 e. The van der Waals surface area contributed by atoms with Crippen LogP contribution in [-0.4, -0.2) is 201 Å². The number of carboxylic acid groups (broad SMARTS) is 2. The molecule has 0 bridgehead atoms. The summed E-state index contributed by atoms with van der Waals surface area (Å²) in [6, 6.07) is 17.7. The van der Waals surface area contributed by atoms with Crippen LogP contribution in [0.2, 0.25) is 0 Å². The van der Waals surface area contributed by atoms with Gasteiger partial charge >= 0.3 is 11.9 Å². The Labute approximate surface area is 716 Å². The highest BCUT2D eigenvalue weighted by Gasteiger charge is 2.50. The molecule has 4 unspecified atom stereocenters. The standard InChI is InChI=1S/2C41H54N2O14S4/c1-4-42-35-22-20-31(60(52,53)54)29-33(35)40(2,24-12-15-27-58(46,47)48)37(42)17-9-6-5-7-10-18-38-41(3,25-13-16-28-59(49,50)51)34-30-32(61(55,56)57)21-23-36(34)43(38)26-14-8-11-19-39(44)45;1-4-42-35-21-19-32(61(55,56)57)30-34(35)41(3,23-11-14-26-59(49,50)51)37(42)16-8-6-5-7-9-17-38-40(2,22-10-13-25-58(46,47)48)33-28-31(29-39(44)45)18-20-36(33)43(38)24-12-15-27-60(52,53)54/h5-7,9-10,17-18,20-23,29-30H,4,8,11-16,19,24-28H2,1-3H3,(H4-,44,45,46,47,48,49,50,51,52,53,54,55,56,57);5-9,16-21,28,30H,4,10-15,22-27,29H2,1-3H3,(H4-,44,45,46,47,48,49,50,51,52,53,54,55,56,57)/p-6. The Balaban J connectivity index is 0.000000336. The van der Waals surface area contributed by atoms with E-state index in [1.54, 1.807) is 97.2 Å². The van der Waals surface area contributed by atoms with E-state index < -0.39 is 158 Å². The van der Waals surface area contributed by atoms with Gasteiger partial charge in [0.2, 0.25) is 11.4 Å². The number of rotatable bonds is 46. The Morgan fingerprint density at radius 1 is 0.361 bits per heavy atom. The number of carbonyl (C=O) groups is 2. The first kappa shape index (κ1) is 101. The fraction of sp³-hybridized carbons (Fsp3) is 0.463. The summed E-state index contributed by atoms with van der Waals surface area (Å²) in [5.74, 6) is -4.72. The van der Waals surface area contributed by atoms with Gasteiger partial charge in [0.05, 0.1) is 82.5 Å². The molecule has 4 heterocycles. The van der Waals surface area contributed by atoms with Crippen molar-refractivity contribution in [3.63, 3.8) is 0 Å². The van der Waals surface area contributed by atoms with E-state index in [1.807, 2.05) is 84.8 Å². The Kier molecular flexibility index (Phi) is 34.7. The third-order valence-corrected chi connectivity index (χ3v) is 28.7. The summed E-state index contributed by atoms with van der Waals surface area (Å²) in [5.41, 5.74) is 5.31. The molecular formula is C82H102N4O28S8-6. The van der Waals surface area contributed by atoms with Crippen LogP contribution in [0.5, 0.6) is 0 Å². The van der Waals surface area contributed by atoms with Crippen molar-refractivity contribution in [2.75, 3.05) is 64.7 Å². The second-order valence-corrected chi connectivity index (χ2v) is 42.9. The first-order valence-electron chi connectivity index (χ1n) is 39.5. The quantitative estimate of drug-likeness (QED) is 0.0180. The summed E-state index contributed by atoms with van der Waals surface area (Å²) in [7, 11) is -36.7. The van der Waals surface area contributed by atoms with Crippen molar-refractivity contribution < 1.29 is 133 Å². The second-order valence-electron chi connectivity index (χ2n) is 31.1. The Morgan fingerprint density at radius 2 is 0.672 bits per heavy atom. The average Bonchev–Trinajstić information content (AvgIpc) is 1.61. The number of fused-ring (bicyclic) bond motifs is 4. The molecule has 0 saturated heterocycles. The zero-order valence-electron chi connectivity index (χ0n) is 68.4. The number of hydrogen-bond donors (Lipinski definition) is 2. The van der Waals surface area contributed by atoms with Crippen LogP contribution < -0.4 is 9.80 Å². The molecule has 0 aliphatic carbocycles. The van der Waals surface area contributed by atoms with Crippen LogP contribution in [-0.2, 0) is 119 Å². The average molecular weight is 1850 g/mol. The Morgan fingerprint density at radius 3 is 1.02 bits per heavy atom. The first-order valence-corrected chi connectivity index (χ1v) is 51.6. The Hall–Kier alpha value is -8.04. The van der Waals surface area contributed by atoms with Gasteiger partial charge in [0.15, 0.2) is 11.4 Å². The summed E-state index contributed by atoms with van der Waals surface area (Å²) in [6.45, 7) is 13.0. The first-order chi connectivity index (χ1) is 56.6. The lowest BCUT2D eigenvalue weighted by molar-refractivity contribution is -0.438. The number of allylic oxidation sites excluding steroid dienone is 16. The lowest BCUT2D eigenvalue weighted by atomic mass is 9.75. The van der Waals surface area contributed by atoms with Crippen molar-refractivity contribution in [3.8, 4) is 0 Å². The minimum Gasteiger partial charge on any atom is -0.748 e. The van der Waals surface area contributed by atoms with Crippen LogP contribution in [0.4, 0.5) is 22.7 Å². The van der Waals surface area contributed by atoms with Crippen molar-refractivity contribution in [1.82, 2.24) is 0 Å². The predicted octanol–water partition coefficient (Wildman–Crippen LogP) is 9.96. The number of nitrogens with zero attached hydrogens (tertiary/aromatic N) is 4. The number of benzene rings is 4. The molecule has 0 fully saturated rings. The summed E-state index contributed by atoms with van der Waals surface area (Å²) >= 11 is 0. The highest BCUT2D eigenvalue weighted by molar-refractivity contribution is 7.87. The molecule has 0 saturated carbocycles. The molecular weight excluding hydrogens is 1750 g/mol. The monoisotopic (exact) mass is 1850 g/mol. The minimum absolute atomic E-state index is 0.00256. The molecule has 122 heavy (non-hydrogen) atoms. The van der Waals surface area contributed by atoms with Crippen LogP contribution in [0, 0.1) is 0 Å². The van der Waals surface area contributed by atoms with Gasteiger partial charge in [0, 0.05) is 130 Å². The molecule has 2 N–H and O–H groups in total. The lowest BCUT2D eigenvalue weighted by Crippen LogP contribution is -2.31. The highest BCUT2D eigenvalue weighted by atomic mass is 32.2. The van der Waals surface area contributed by atoms with Crippen LogP contribution in [0.15, 0.2) is 184 Å². The number of unbranched alkanes of at least 4 members (excludes halogenated alkanes) is 7. The smallest absolute Gasteiger partial charge is 0.307 e. The van der Waals surface area contributed by atoms with Crippen molar-refractivity contribution in [3.05, 3.63) is 197 Å². The van der Waals surface area contributed by atoms with Crippen molar-refractivity contribution in [2.45, 2.75) is 200 Å². The van der Waals surface area contributed by atoms with Crippen LogP contribution in [0.25, 0.3) is 0 Å². The lowest BCUT2D eigenvalue weighted by Gasteiger charge is -2.30. The molecule has 0 radical (unpaired) electrons. The van der Waals surface area contributed by atoms with E-state index in [9.17, 15) is 118 Å².